The van der Waals surface area contributed by atoms with Crippen LogP contribution in [0.3, 0.4) is 0 Å². The van der Waals surface area contributed by atoms with E-state index in [0.29, 0.717) is 0 Å². The largest absolute Gasteiger partial charge is 0.254 e. The summed E-state index contributed by atoms with van der Waals surface area (Å²) in [4.78, 5) is 0.176. The first-order valence-electron chi connectivity index (χ1n) is 4.19. The Bertz CT molecular complexity index is 386. The molecule has 14 heavy (non-hydrogen) atoms. The molecule has 0 aliphatic rings. The highest BCUT2D eigenvalue weighted by molar-refractivity contribution is 7.85. The maximum atomic E-state index is 13.2. The number of benzene rings is 1. The number of nitriles is 1. The van der Waals surface area contributed by atoms with E-state index in [1.54, 1.807) is 19.1 Å². The molecule has 0 N–H and O–H groups in total. The van der Waals surface area contributed by atoms with Crippen LogP contribution < -0.4 is 0 Å². The van der Waals surface area contributed by atoms with Crippen LogP contribution in [0.15, 0.2) is 29.2 Å². The van der Waals surface area contributed by atoms with Crippen LogP contribution in [0.1, 0.15) is 13.3 Å². The molecule has 0 saturated heterocycles. The van der Waals surface area contributed by atoms with Crippen LogP contribution in [0.4, 0.5) is 4.39 Å². The van der Waals surface area contributed by atoms with E-state index >= 15 is 0 Å². The van der Waals surface area contributed by atoms with Gasteiger partial charge in [0.05, 0.1) is 21.8 Å². The van der Waals surface area contributed by atoms with Gasteiger partial charge in [0.1, 0.15) is 5.82 Å². The average molecular weight is 211 g/mol. The summed E-state index contributed by atoms with van der Waals surface area (Å²) < 4.78 is 24.8. The molecule has 0 bridgehead atoms. The van der Waals surface area contributed by atoms with Crippen molar-refractivity contribution in [3.63, 3.8) is 0 Å². The molecule has 1 aromatic carbocycles. The van der Waals surface area contributed by atoms with Crippen LogP contribution in [0.5, 0.6) is 0 Å². The van der Waals surface area contributed by atoms with E-state index in [-0.39, 0.29) is 16.6 Å². The highest BCUT2D eigenvalue weighted by Crippen LogP contribution is 2.16. The highest BCUT2D eigenvalue weighted by atomic mass is 32.2. The van der Waals surface area contributed by atoms with E-state index in [2.05, 4.69) is 0 Å². The normalized spacial score (nSPS) is 14.4. The number of halogens is 1. The van der Waals surface area contributed by atoms with E-state index in [1.807, 2.05) is 6.07 Å². The Kier molecular flexibility index (Phi) is 3.78. The Labute approximate surface area is 84.8 Å². The van der Waals surface area contributed by atoms with Gasteiger partial charge in [0.15, 0.2) is 0 Å². The number of nitrogens with zero attached hydrogens (tertiary/aromatic N) is 1. The fourth-order valence-corrected chi connectivity index (χ4v) is 2.16. The summed E-state index contributed by atoms with van der Waals surface area (Å²) in [5.41, 5.74) is 0. The zero-order valence-corrected chi connectivity index (χ0v) is 8.55. The molecule has 0 fully saturated rings. The monoisotopic (exact) mass is 211 g/mol. The second kappa shape index (κ2) is 4.87. The van der Waals surface area contributed by atoms with Crippen molar-refractivity contribution in [3.05, 3.63) is 30.1 Å². The van der Waals surface area contributed by atoms with Crippen molar-refractivity contribution >= 4 is 10.8 Å². The lowest BCUT2D eigenvalue weighted by Gasteiger charge is -2.07. The van der Waals surface area contributed by atoms with Crippen LogP contribution >= 0.6 is 0 Å². The minimum absolute atomic E-state index is 0.168. The van der Waals surface area contributed by atoms with Crippen molar-refractivity contribution in [1.82, 2.24) is 0 Å². The maximum absolute atomic E-state index is 13.2. The van der Waals surface area contributed by atoms with Crippen LogP contribution in [-0.4, -0.2) is 9.46 Å². The summed E-state index contributed by atoms with van der Waals surface area (Å²) >= 11 is 0. The second-order valence-corrected chi connectivity index (χ2v) is 4.74. The molecule has 74 valence electrons. The Morgan fingerprint density at radius 3 is 2.79 bits per heavy atom. The zero-order chi connectivity index (χ0) is 10.6. The standard InChI is InChI=1S/C10H10FNOS/c1-8(6-7-12)14(13)10-5-3-2-4-9(10)11/h2-5,8H,6H2,1H3. The van der Waals surface area contributed by atoms with Gasteiger partial charge < -0.3 is 0 Å². The molecule has 0 aromatic heterocycles. The number of rotatable bonds is 3. The molecule has 0 spiro atoms. The lowest BCUT2D eigenvalue weighted by molar-refractivity contribution is 0.593. The third-order valence-electron chi connectivity index (χ3n) is 1.80. The summed E-state index contributed by atoms with van der Waals surface area (Å²) in [7, 11) is -1.44. The van der Waals surface area contributed by atoms with Gasteiger partial charge in [0.25, 0.3) is 0 Å². The Morgan fingerprint density at radius 1 is 1.57 bits per heavy atom. The smallest absolute Gasteiger partial charge is 0.139 e. The molecule has 2 unspecified atom stereocenters. The second-order valence-electron chi connectivity index (χ2n) is 2.90. The molecule has 0 amide bonds. The van der Waals surface area contributed by atoms with Gasteiger partial charge in [-0.15, -0.1) is 0 Å². The van der Waals surface area contributed by atoms with Gasteiger partial charge in [-0.25, -0.2) is 4.39 Å². The first-order valence-corrected chi connectivity index (χ1v) is 5.40. The molecule has 0 heterocycles. The summed E-state index contributed by atoms with van der Waals surface area (Å²) in [5, 5.41) is 8.09. The molecule has 4 heteroatoms. The molecule has 0 saturated carbocycles. The predicted molar refractivity (Wildman–Crippen MR) is 52.5 cm³/mol. The van der Waals surface area contributed by atoms with Gasteiger partial charge in [-0.2, -0.15) is 5.26 Å². The molecule has 1 aromatic rings. The lowest BCUT2D eigenvalue weighted by atomic mass is 10.3. The molecular formula is C10H10FNOS. The fraction of sp³-hybridized carbons (Fsp3) is 0.300. The van der Waals surface area contributed by atoms with E-state index in [4.69, 9.17) is 5.26 Å². The molecule has 0 aliphatic carbocycles. The minimum Gasteiger partial charge on any atom is -0.254 e. The van der Waals surface area contributed by atoms with Gasteiger partial charge in [0.2, 0.25) is 0 Å². The van der Waals surface area contributed by atoms with E-state index < -0.39 is 16.6 Å². The minimum atomic E-state index is -1.44. The lowest BCUT2D eigenvalue weighted by Crippen LogP contribution is -2.11. The number of hydrogen-bond acceptors (Lipinski definition) is 2. The first-order chi connectivity index (χ1) is 6.66. The van der Waals surface area contributed by atoms with E-state index in [1.165, 1.54) is 12.1 Å². The Morgan fingerprint density at radius 2 is 2.21 bits per heavy atom. The Hall–Kier alpha value is -1.21. The SMILES string of the molecule is CC(CC#N)S(=O)c1ccccc1F. The van der Waals surface area contributed by atoms with E-state index in [9.17, 15) is 8.60 Å². The fourth-order valence-electron chi connectivity index (χ4n) is 1.03. The van der Waals surface area contributed by atoms with Gasteiger partial charge in [-0.05, 0) is 19.1 Å². The molecule has 0 radical (unpaired) electrons. The summed E-state index contributed by atoms with van der Waals surface area (Å²) in [5.74, 6) is -0.476. The van der Waals surface area contributed by atoms with Gasteiger partial charge >= 0.3 is 0 Å². The van der Waals surface area contributed by atoms with Crippen molar-refractivity contribution in [2.75, 3.05) is 0 Å². The molecule has 0 aliphatic heterocycles. The molecular weight excluding hydrogens is 201 g/mol. The van der Waals surface area contributed by atoms with Crippen molar-refractivity contribution < 1.29 is 8.60 Å². The van der Waals surface area contributed by atoms with Crippen molar-refractivity contribution in [2.45, 2.75) is 23.5 Å². The molecule has 2 nitrogen and oxygen atoms in total. The average Bonchev–Trinajstić information content (AvgIpc) is 2.18. The van der Waals surface area contributed by atoms with Gasteiger partial charge in [-0.3, -0.25) is 4.21 Å². The summed E-state index contributed by atoms with van der Waals surface area (Å²) in [6.07, 6.45) is 0.168. The maximum Gasteiger partial charge on any atom is 0.139 e. The van der Waals surface area contributed by atoms with Crippen LogP contribution in [0.25, 0.3) is 0 Å². The zero-order valence-electron chi connectivity index (χ0n) is 7.74. The van der Waals surface area contributed by atoms with Crippen molar-refractivity contribution in [2.24, 2.45) is 0 Å². The Balaban J connectivity index is 2.91. The van der Waals surface area contributed by atoms with Crippen LogP contribution in [-0.2, 0) is 10.8 Å². The molecule has 1 rings (SSSR count). The third-order valence-corrected chi connectivity index (χ3v) is 3.46. The topological polar surface area (TPSA) is 40.9 Å². The van der Waals surface area contributed by atoms with Gasteiger partial charge in [-0.1, -0.05) is 12.1 Å². The molecule has 2 atom stereocenters. The summed E-state index contributed by atoms with van der Waals surface area (Å²) in [6, 6.07) is 7.86. The van der Waals surface area contributed by atoms with Crippen molar-refractivity contribution in [3.8, 4) is 6.07 Å². The summed E-state index contributed by atoms with van der Waals surface area (Å²) in [6.45, 7) is 1.67. The van der Waals surface area contributed by atoms with Crippen LogP contribution in [0.2, 0.25) is 0 Å². The van der Waals surface area contributed by atoms with Crippen LogP contribution in [0, 0.1) is 17.1 Å². The van der Waals surface area contributed by atoms with Gasteiger partial charge in [0, 0.05) is 11.7 Å². The van der Waals surface area contributed by atoms with E-state index in [0.717, 1.165) is 0 Å². The first kappa shape index (κ1) is 10.9. The third kappa shape index (κ3) is 2.39. The highest BCUT2D eigenvalue weighted by Gasteiger charge is 2.15. The quantitative estimate of drug-likeness (QED) is 0.769. The number of hydrogen-bond donors (Lipinski definition) is 0. The van der Waals surface area contributed by atoms with Crippen molar-refractivity contribution in [1.29, 1.82) is 5.26 Å². The predicted octanol–water partition coefficient (Wildman–Crippen LogP) is 2.24.